The molecule has 20 heavy (non-hydrogen) atoms. The third-order valence-electron chi connectivity index (χ3n) is 2.69. The van der Waals surface area contributed by atoms with Gasteiger partial charge in [0.2, 0.25) is 5.75 Å². The van der Waals surface area contributed by atoms with E-state index in [1.54, 1.807) is 0 Å². The molecule has 1 rings (SSSR count). The monoisotopic (exact) mass is 308 g/mol. The molecule has 0 bridgehead atoms. The van der Waals surface area contributed by atoms with Crippen molar-refractivity contribution >= 4 is 10.1 Å². The van der Waals surface area contributed by atoms with Crippen LogP contribution in [0.1, 0.15) is 10.8 Å². The molecule has 0 heterocycles. The van der Waals surface area contributed by atoms with E-state index in [0.717, 1.165) is 12.1 Å². The fourth-order valence-corrected chi connectivity index (χ4v) is 2.73. The Kier molecular flexibility index (Phi) is 5.17. The summed E-state index contributed by atoms with van der Waals surface area (Å²) in [5, 5.41) is 26.4. The summed E-state index contributed by atoms with van der Waals surface area (Å²) >= 11 is 0. The molecule has 0 amide bonds. The van der Waals surface area contributed by atoms with Crippen molar-refractivity contribution < 1.29 is 37.8 Å². The fourth-order valence-electron chi connectivity index (χ4n) is 1.77. The van der Waals surface area contributed by atoms with Gasteiger partial charge in [0.1, 0.15) is 11.4 Å². The molecule has 1 aromatic rings. The fraction of sp³-hybridized carbons (Fsp3) is 0.455. The van der Waals surface area contributed by atoms with E-state index in [1.807, 2.05) is 0 Å². The molecule has 0 saturated carbocycles. The van der Waals surface area contributed by atoms with Gasteiger partial charge < -0.3 is 24.8 Å². The Morgan fingerprint density at radius 1 is 1.20 bits per heavy atom. The number of phenols is 1. The first-order valence-corrected chi connectivity index (χ1v) is 6.96. The molecular formula is C11H16O8S. The normalized spacial score (nSPS) is 14.7. The summed E-state index contributed by atoms with van der Waals surface area (Å²) in [6, 6.07) is 2.24. The average Bonchev–Trinajstić information content (AvgIpc) is 2.38. The Bertz CT molecular complexity index is 543. The van der Waals surface area contributed by atoms with Gasteiger partial charge in [0.15, 0.2) is 11.5 Å². The highest BCUT2D eigenvalue weighted by atomic mass is 32.2. The summed E-state index contributed by atoms with van der Waals surface area (Å²) in [5.41, 5.74) is -0.0967. The van der Waals surface area contributed by atoms with Gasteiger partial charge in [-0.3, -0.25) is 4.55 Å². The minimum atomic E-state index is -4.69. The molecule has 0 aliphatic carbocycles. The molecule has 0 radical (unpaired) electrons. The van der Waals surface area contributed by atoms with Crippen molar-refractivity contribution in [3.63, 3.8) is 0 Å². The minimum Gasteiger partial charge on any atom is -0.502 e. The summed E-state index contributed by atoms with van der Waals surface area (Å²) in [7, 11) is -2.22. The summed E-state index contributed by atoms with van der Waals surface area (Å²) in [4.78, 5) is 0. The van der Waals surface area contributed by atoms with E-state index in [-0.39, 0.29) is 22.8 Å². The van der Waals surface area contributed by atoms with Gasteiger partial charge in [0.25, 0.3) is 10.1 Å². The smallest absolute Gasteiger partial charge is 0.274 e. The standard InChI is InChI=1S/C11H16O8S/c1-18-8-3-6(4-9(19-2)10(8)14)11(7(13)5-12)20(15,16)17/h3-4,7,11-14H,5H2,1-2H3,(H,15,16,17)/t7-,11-/m1/s1. The van der Waals surface area contributed by atoms with Crippen molar-refractivity contribution in [2.24, 2.45) is 0 Å². The molecule has 4 N–H and O–H groups in total. The van der Waals surface area contributed by atoms with Crippen LogP contribution >= 0.6 is 0 Å². The van der Waals surface area contributed by atoms with E-state index < -0.39 is 28.1 Å². The zero-order valence-electron chi connectivity index (χ0n) is 10.8. The molecule has 8 nitrogen and oxygen atoms in total. The summed E-state index contributed by atoms with van der Waals surface area (Å²) in [6.07, 6.45) is -1.75. The molecule has 0 saturated heterocycles. The van der Waals surface area contributed by atoms with Gasteiger partial charge in [-0.2, -0.15) is 8.42 Å². The number of benzene rings is 1. The quantitative estimate of drug-likeness (QED) is 0.526. The first-order chi connectivity index (χ1) is 9.26. The van der Waals surface area contributed by atoms with Crippen molar-refractivity contribution in [2.45, 2.75) is 11.4 Å². The zero-order chi connectivity index (χ0) is 15.5. The number of rotatable bonds is 6. The molecule has 9 heteroatoms. The highest BCUT2D eigenvalue weighted by Crippen LogP contribution is 2.40. The van der Waals surface area contributed by atoms with Crippen LogP contribution in [0.4, 0.5) is 0 Å². The molecule has 0 fully saturated rings. The van der Waals surface area contributed by atoms with E-state index >= 15 is 0 Å². The van der Waals surface area contributed by atoms with Crippen LogP contribution in [0.5, 0.6) is 17.2 Å². The van der Waals surface area contributed by atoms with Gasteiger partial charge in [-0.15, -0.1) is 0 Å². The van der Waals surface area contributed by atoms with Crippen molar-refractivity contribution in [3.8, 4) is 17.2 Å². The van der Waals surface area contributed by atoms with Crippen LogP contribution in [0.3, 0.4) is 0 Å². The Hall–Kier alpha value is -1.55. The number of ether oxygens (including phenoxy) is 2. The largest absolute Gasteiger partial charge is 0.502 e. The number of aliphatic hydroxyl groups is 2. The Morgan fingerprint density at radius 2 is 1.65 bits per heavy atom. The maximum absolute atomic E-state index is 11.4. The van der Waals surface area contributed by atoms with Gasteiger partial charge in [0, 0.05) is 0 Å². The van der Waals surface area contributed by atoms with E-state index in [4.69, 9.17) is 14.6 Å². The van der Waals surface area contributed by atoms with Crippen LogP contribution < -0.4 is 9.47 Å². The van der Waals surface area contributed by atoms with Crippen LogP contribution in [0.15, 0.2) is 12.1 Å². The molecule has 2 atom stereocenters. The van der Waals surface area contributed by atoms with E-state index in [0.29, 0.717) is 0 Å². The molecule has 0 aliphatic heterocycles. The number of aromatic hydroxyl groups is 1. The number of aliphatic hydroxyl groups excluding tert-OH is 2. The lowest BCUT2D eigenvalue weighted by atomic mass is 10.1. The van der Waals surface area contributed by atoms with E-state index in [9.17, 15) is 23.2 Å². The predicted octanol–water partition coefficient (Wildman–Crippen LogP) is -0.309. The summed E-state index contributed by atoms with van der Waals surface area (Å²) in [5.74, 6) is -0.553. The molecule has 0 unspecified atom stereocenters. The van der Waals surface area contributed by atoms with Crippen molar-refractivity contribution in [3.05, 3.63) is 17.7 Å². The molecule has 0 aromatic heterocycles. The maximum Gasteiger partial charge on any atom is 0.274 e. The van der Waals surface area contributed by atoms with Gasteiger partial charge >= 0.3 is 0 Å². The third-order valence-corrected chi connectivity index (χ3v) is 3.92. The van der Waals surface area contributed by atoms with Crippen molar-refractivity contribution in [2.75, 3.05) is 20.8 Å². The lowest BCUT2D eigenvalue weighted by Crippen LogP contribution is -2.29. The highest BCUT2D eigenvalue weighted by Gasteiger charge is 2.34. The minimum absolute atomic E-state index is 0.0967. The van der Waals surface area contributed by atoms with Gasteiger partial charge in [0.05, 0.1) is 20.8 Å². The molecule has 0 aliphatic rings. The zero-order valence-corrected chi connectivity index (χ0v) is 11.7. The van der Waals surface area contributed by atoms with Crippen LogP contribution in [-0.2, 0) is 10.1 Å². The maximum atomic E-state index is 11.4. The molecular weight excluding hydrogens is 292 g/mol. The lowest BCUT2D eigenvalue weighted by Gasteiger charge is -2.20. The molecule has 1 aromatic carbocycles. The van der Waals surface area contributed by atoms with Crippen molar-refractivity contribution in [1.82, 2.24) is 0 Å². The molecule has 0 spiro atoms. The average molecular weight is 308 g/mol. The number of methoxy groups -OCH3 is 2. The topological polar surface area (TPSA) is 134 Å². The Balaban J connectivity index is 3.49. The SMILES string of the molecule is COc1cc([C@H]([C@H](O)CO)S(=O)(=O)O)cc(OC)c1O. The van der Waals surface area contributed by atoms with Crippen LogP contribution in [-0.4, -0.2) is 55.2 Å². The van der Waals surface area contributed by atoms with Crippen molar-refractivity contribution in [1.29, 1.82) is 0 Å². The predicted molar refractivity (Wildman–Crippen MR) is 68.6 cm³/mol. The summed E-state index contributed by atoms with van der Waals surface area (Å²) in [6.45, 7) is -0.879. The van der Waals surface area contributed by atoms with E-state index in [2.05, 4.69) is 0 Å². The first kappa shape index (κ1) is 16.5. The number of hydrogen-bond acceptors (Lipinski definition) is 7. The summed E-state index contributed by atoms with van der Waals surface area (Å²) < 4.78 is 41.6. The third kappa shape index (κ3) is 3.31. The lowest BCUT2D eigenvalue weighted by molar-refractivity contribution is 0.0888. The first-order valence-electron chi connectivity index (χ1n) is 5.46. The van der Waals surface area contributed by atoms with E-state index in [1.165, 1.54) is 14.2 Å². The van der Waals surface area contributed by atoms with Crippen LogP contribution in [0, 0.1) is 0 Å². The molecule has 114 valence electrons. The highest BCUT2D eigenvalue weighted by molar-refractivity contribution is 7.86. The van der Waals surface area contributed by atoms with Crippen LogP contribution in [0.2, 0.25) is 0 Å². The second-order valence-electron chi connectivity index (χ2n) is 3.96. The number of phenolic OH excluding ortho intramolecular Hbond substituents is 1. The van der Waals surface area contributed by atoms with Gasteiger partial charge in [-0.1, -0.05) is 0 Å². The van der Waals surface area contributed by atoms with Gasteiger partial charge in [-0.25, -0.2) is 0 Å². The van der Waals surface area contributed by atoms with Gasteiger partial charge in [-0.05, 0) is 17.7 Å². The van der Waals surface area contributed by atoms with Crippen LogP contribution in [0.25, 0.3) is 0 Å². The Morgan fingerprint density at radius 3 is 1.95 bits per heavy atom. The Labute approximate surface area is 115 Å². The second kappa shape index (κ2) is 6.27. The second-order valence-corrected chi connectivity index (χ2v) is 5.50. The number of hydrogen-bond donors (Lipinski definition) is 4.